The second kappa shape index (κ2) is 9.60. The van der Waals surface area contributed by atoms with Gasteiger partial charge in [0.05, 0.1) is 0 Å². The normalized spacial score (nSPS) is 12.8. The van der Waals surface area contributed by atoms with Crippen molar-refractivity contribution in [3.05, 3.63) is 95.1 Å². The van der Waals surface area contributed by atoms with Gasteiger partial charge in [-0.15, -0.1) is 0 Å². The fraction of sp³-hybridized carbons (Fsp3) is 0.200. The van der Waals surface area contributed by atoms with Crippen molar-refractivity contribution < 1.29 is 18.4 Å². The summed E-state index contributed by atoms with van der Waals surface area (Å²) in [4.78, 5) is 26.2. The molecule has 0 atom stereocenters. The number of anilines is 2. The van der Waals surface area contributed by atoms with Gasteiger partial charge in [-0.2, -0.15) is 0 Å². The van der Waals surface area contributed by atoms with E-state index in [0.717, 1.165) is 42.9 Å². The number of fused-ring (bicyclic) bond motifs is 1. The highest BCUT2D eigenvalue weighted by Gasteiger charge is 2.16. The first kappa shape index (κ1) is 21.5. The van der Waals surface area contributed by atoms with Gasteiger partial charge in [-0.3, -0.25) is 9.59 Å². The van der Waals surface area contributed by atoms with Crippen LogP contribution in [0, 0.1) is 11.6 Å². The molecule has 3 aromatic carbocycles. The lowest BCUT2D eigenvalue weighted by molar-refractivity contribution is -0.136. The van der Waals surface area contributed by atoms with Gasteiger partial charge in [-0.1, -0.05) is 36.4 Å². The van der Waals surface area contributed by atoms with Crippen molar-refractivity contribution in [2.75, 3.05) is 23.3 Å². The molecule has 0 spiro atoms. The van der Waals surface area contributed by atoms with Crippen LogP contribution in [-0.2, 0) is 29.0 Å². The van der Waals surface area contributed by atoms with Crippen LogP contribution in [0.5, 0.6) is 0 Å². The molecule has 0 unspecified atom stereocenters. The zero-order valence-corrected chi connectivity index (χ0v) is 17.4. The van der Waals surface area contributed by atoms with Gasteiger partial charge in [0.2, 0.25) is 0 Å². The molecule has 1 heterocycles. The van der Waals surface area contributed by atoms with E-state index < -0.39 is 23.4 Å². The molecule has 3 aromatic rings. The zero-order valence-electron chi connectivity index (χ0n) is 17.4. The Hall–Kier alpha value is -3.74. The van der Waals surface area contributed by atoms with Crippen molar-refractivity contribution in [3.8, 4) is 0 Å². The van der Waals surface area contributed by atoms with Crippen molar-refractivity contribution in [3.63, 3.8) is 0 Å². The average molecular weight is 435 g/mol. The van der Waals surface area contributed by atoms with Gasteiger partial charge in [0.1, 0.15) is 0 Å². The number of amides is 2. The minimum Gasteiger partial charge on any atom is -0.367 e. The van der Waals surface area contributed by atoms with Gasteiger partial charge < -0.3 is 15.5 Å². The Kier molecular flexibility index (Phi) is 6.44. The third kappa shape index (κ3) is 5.11. The molecule has 0 aliphatic carbocycles. The predicted octanol–water partition coefficient (Wildman–Crippen LogP) is 3.82. The summed E-state index contributed by atoms with van der Waals surface area (Å²) in [5, 5.41) is 4.78. The summed E-state index contributed by atoms with van der Waals surface area (Å²) in [6.45, 7) is 2.14. The predicted molar refractivity (Wildman–Crippen MR) is 119 cm³/mol. The number of rotatable bonds is 5. The number of benzene rings is 3. The number of nitrogens with zero attached hydrogens (tertiary/aromatic N) is 1. The van der Waals surface area contributed by atoms with Gasteiger partial charge in [0, 0.05) is 37.1 Å². The lowest BCUT2D eigenvalue weighted by Crippen LogP contribution is -2.36. The van der Waals surface area contributed by atoms with E-state index in [1.807, 2.05) is 12.1 Å². The molecule has 0 bridgehead atoms. The van der Waals surface area contributed by atoms with Gasteiger partial charge in [0.25, 0.3) is 0 Å². The molecule has 7 heteroatoms. The molecule has 1 aliphatic heterocycles. The highest BCUT2D eigenvalue weighted by atomic mass is 19.2. The third-order valence-electron chi connectivity index (χ3n) is 5.52. The van der Waals surface area contributed by atoms with Crippen LogP contribution in [0.2, 0.25) is 0 Å². The Labute approximate surface area is 185 Å². The highest BCUT2D eigenvalue weighted by molar-refractivity contribution is 6.39. The molecule has 0 saturated carbocycles. The van der Waals surface area contributed by atoms with Crippen LogP contribution in [0.15, 0.2) is 66.7 Å². The summed E-state index contributed by atoms with van der Waals surface area (Å²) in [6.07, 6.45) is 1.59. The van der Waals surface area contributed by atoms with Gasteiger partial charge >= 0.3 is 11.8 Å². The van der Waals surface area contributed by atoms with Crippen molar-refractivity contribution >= 4 is 23.2 Å². The molecule has 1 aliphatic rings. The van der Waals surface area contributed by atoms with Crippen molar-refractivity contribution in [1.29, 1.82) is 0 Å². The maximum atomic E-state index is 13.2. The van der Waals surface area contributed by atoms with E-state index in [1.165, 1.54) is 17.2 Å². The van der Waals surface area contributed by atoms with Crippen LogP contribution in [0.4, 0.5) is 20.2 Å². The molecule has 0 radical (unpaired) electrons. The fourth-order valence-electron chi connectivity index (χ4n) is 3.75. The van der Waals surface area contributed by atoms with Crippen LogP contribution in [-0.4, -0.2) is 24.9 Å². The standard InChI is InChI=1S/C25H23F2N3O2/c26-22-10-7-20(15-23(22)27)29-25(32)24(31)28-13-11-17-5-8-21(9-6-17)30-14-12-18-3-1-2-4-19(18)16-30/h1-10,15H,11-14,16H2,(H,28,31)(H,29,32). The number of halogens is 2. The largest absolute Gasteiger partial charge is 0.367 e. The monoisotopic (exact) mass is 435 g/mol. The van der Waals surface area contributed by atoms with E-state index >= 15 is 0 Å². The van der Waals surface area contributed by atoms with Crippen molar-refractivity contribution in [2.45, 2.75) is 19.4 Å². The van der Waals surface area contributed by atoms with Gasteiger partial charge in [-0.25, -0.2) is 8.78 Å². The van der Waals surface area contributed by atoms with Gasteiger partial charge in [0.15, 0.2) is 11.6 Å². The van der Waals surface area contributed by atoms with E-state index in [1.54, 1.807) is 0 Å². The SMILES string of the molecule is O=C(NCCc1ccc(N2CCc3ccccc3C2)cc1)C(=O)Nc1ccc(F)c(F)c1. The quantitative estimate of drug-likeness (QED) is 0.599. The van der Waals surface area contributed by atoms with E-state index in [9.17, 15) is 18.4 Å². The molecular formula is C25H23F2N3O2. The summed E-state index contributed by atoms with van der Waals surface area (Å²) in [5.41, 5.74) is 4.96. The maximum Gasteiger partial charge on any atom is 0.313 e. The molecule has 32 heavy (non-hydrogen) atoms. The molecule has 0 saturated heterocycles. The minimum atomic E-state index is -1.10. The molecular weight excluding hydrogens is 412 g/mol. The number of nitrogens with one attached hydrogen (secondary N) is 2. The summed E-state index contributed by atoms with van der Waals surface area (Å²) in [5.74, 6) is -3.89. The maximum absolute atomic E-state index is 13.2. The number of hydrogen-bond donors (Lipinski definition) is 2. The lowest BCUT2D eigenvalue weighted by Gasteiger charge is -2.30. The first-order valence-corrected chi connectivity index (χ1v) is 10.4. The van der Waals surface area contributed by atoms with Crippen molar-refractivity contribution in [2.24, 2.45) is 0 Å². The smallest absolute Gasteiger partial charge is 0.313 e. The number of carbonyl (C=O) groups is 2. The summed E-state index contributed by atoms with van der Waals surface area (Å²) in [7, 11) is 0. The van der Waals surface area contributed by atoms with Crippen molar-refractivity contribution in [1.82, 2.24) is 5.32 Å². The Bertz CT molecular complexity index is 1130. The lowest BCUT2D eigenvalue weighted by atomic mass is 9.99. The first-order chi connectivity index (χ1) is 15.5. The molecule has 164 valence electrons. The molecule has 2 amide bonds. The summed E-state index contributed by atoms with van der Waals surface area (Å²) < 4.78 is 26.1. The fourth-order valence-corrected chi connectivity index (χ4v) is 3.75. The molecule has 0 aromatic heterocycles. The highest BCUT2D eigenvalue weighted by Crippen LogP contribution is 2.24. The Morgan fingerprint density at radius 1 is 0.875 bits per heavy atom. The Morgan fingerprint density at radius 2 is 1.62 bits per heavy atom. The summed E-state index contributed by atoms with van der Waals surface area (Å²) >= 11 is 0. The number of carbonyl (C=O) groups excluding carboxylic acids is 2. The Morgan fingerprint density at radius 3 is 2.38 bits per heavy atom. The van der Waals surface area contributed by atoms with E-state index in [2.05, 4.69) is 51.9 Å². The topological polar surface area (TPSA) is 61.4 Å². The molecule has 5 nitrogen and oxygen atoms in total. The molecule has 4 rings (SSSR count). The van der Waals surface area contributed by atoms with E-state index in [4.69, 9.17) is 0 Å². The van der Waals surface area contributed by atoms with Gasteiger partial charge in [-0.05, 0) is 53.8 Å². The average Bonchev–Trinajstić information content (AvgIpc) is 2.81. The van der Waals surface area contributed by atoms with Crippen LogP contribution in [0.3, 0.4) is 0 Å². The van der Waals surface area contributed by atoms with E-state index in [0.29, 0.717) is 6.42 Å². The second-order valence-corrected chi connectivity index (χ2v) is 7.70. The minimum absolute atomic E-state index is 0.0139. The number of hydrogen-bond acceptors (Lipinski definition) is 3. The first-order valence-electron chi connectivity index (χ1n) is 10.4. The van der Waals surface area contributed by atoms with Crippen LogP contribution >= 0.6 is 0 Å². The van der Waals surface area contributed by atoms with Crippen LogP contribution < -0.4 is 15.5 Å². The Balaban J connectivity index is 1.25. The van der Waals surface area contributed by atoms with Crippen LogP contribution in [0.25, 0.3) is 0 Å². The van der Waals surface area contributed by atoms with E-state index in [-0.39, 0.29) is 12.2 Å². The summed E-state index contributed by atoms with van der Waals surface area (Å²) in [6, 6.07) is 19.6. The molecule has 0 fully saturated rings. The second-order valence-electron chi connectivity index (χ2n) is 7.70. The molecule has 2 N–H and O–H groups in total. The third-order valence-corrected chi connectivity index (χ3v) is 5.52. The zero-order chi connectivity index (χ0) is 22.5. The van der Waals surface area contributed by atoms with Crippen LogP contribution in [0.1, 0.15) is 16.7 Å².